The summed E-state index contributed by atoms with van der Waals surface area (Å²) in [4.78, 5) is 0. The highest BCUT2D eigenvalue weighted by Crippen LogP contribution is 2.29. The Morgan fingerprint density at radius 1 is 1.31 bits per heavy atom. The monoisotopic (exact) mass is 191 g/mol. The zero-order valence-electron chi connectivity index (χ0n) is 6.60. The van der Waals surface area contributed by atoms with Crippen molar-refractivity contribution in [2.45, 2.75) is 12.6 Å². The SMILES string of the molecule is Nc1c(O)cccc1CC(F)(F)F. The lowest BCUT2D eigenvalue weighted by molar-refractivity contribution is -0.127. The van der Waals surface area contributed by atoms with Crippen LogP contribution in [0.15, 0.2) is 18.2 Å². The number of halogens is 3. The van der Waals surface area contributed by atoms with Crippen LogP contribution >= 0.6 is 0 Å². The Morgan fingerprint density at radius 3 is 2.46 bits per heavy atom. The average molecular weight is 191 g/mol. The quantitative estimate of drug-likeness (QED) is 0.527. The van der Waals surface area contributed by atoms with Crippen molar-refractivity contribution >= 4 is 5.69 Å². The largest absolute Gasteiger partial charge is 0.506 e. The number of hydrogen-bond acceptors (Lipinski definition) is 2. The van der Waals surface area contributed by atoms with E-state index in [9.17, 15) is 13.2 Å². The molecule has 0 bridgehead atoms. The first-order valence-electron chi connectivity index (χ1n) is 3.53. The van der Waals surface area contributed by atoms with Gasteiger partial charge in [0.15, 0.2) is 0 Å². The molecule has 0 fully saturated rings. The Labute approximate surface area is 72.8 Å². The van der Waals surface area contributed by atoms with Gasteiger partial charge in [-0.3, -0.25) is 0 Å². The summed E-state index contributed by atoms with van der Waals surface area (Å²) in [5.74, 6) is -0.318. The molecule has 0 aliphatic heterocycles. The van der Waals surface area contributed by atoms with Crippen molar-refractivity contribution in [1.82, 2.24) is 0 Å². The first kappa shape index (κ1) is 9.70. The van der Waals surface area contributed by atoms with Gasteiger partial charge in [-0.05, 0) is 11.6 Å². The van der Waals surface area contributed by atoms with Gasteiger partial charge in [-0.1, -0.05) is 12.1 Å². The number of aromatic hydroxyl groups is 1. The second kappa shape index (κ2) is 3.16. The maximum atomic E-state index is 11.9. The molecule has 72 valence electrons. The third-order valence-electron chi connectivity index (χ3n) is 1.56. The number of nitrogens with two attached hydrogens (primary N) is 1. The summed E-state index contributed by atoms with van der Waals surface area (Å²) in [6.07, 6.45) is -5.42. The molecule has 2 nitrogen and oxygen atoms in total. The van der Waals surface area contributed by atoms with E-state index < -0.39 is 12.6 Å². The number of phenolic OH excluding ortho intramolecular Hbond substituents is 1. The molecule has 0 aliphatic carbocycles. The van der Waals surface area contributed by atoms with E-state index >= 15 is 0 Å². The van der Waals surface area contributed by atoms with Gasteiger partial charge in [0.25, 0.3) is 0 Å². The summed E-state index contributed by atoms with van der Waals surface area (Å²) in [6.45, 7) is 0. The molecule has 13 heavy (non-hydrogen) atoms. The maximum Gasteiger partial charge on any atom is 0.393 e. The van der Waals surface area contributed by atoms with Crippen LogP contribution in [0.25, 0.3) is 0 Å². The molecule has 0 aromatic heterocycles. The molecule has 0 saturated carbocycles. The van der Waals surface area contributed by atoms with Gasteiger partial charge in [-0.2, -0.15) is 13.2 Å². The van der Waals surface area contributed by atoms with Gasteiger partial charge in [-0.25, -0.2) is 0 Å². The molecule has 1 aromatic rings. The third kappa shape index (κ3) is 2.54. The molecule has 0 amide bonds. The van der Waals surface area contributed by atoms with Crippen LogP contribution in [-0.4, -0.2) is 11.3 Å². The van der Waals surface area contributed by atoms with Crippen LogP contribution in [-0.2, 0) is 6.42 Å². The lowest BCUT2D eigenvalue weighted by Crippen LogP contribution is -2.12. The average Bonchev–Trinajstić information content (AvgIpc) is 1.96. The van der Waals surface area contributed by atoms with Gasteiger partial charge >= 0.3 is 6.18 Å². The topological polar surface area (TPSA) is 46.2 Å². The number of alkyl halides is 3. The van der Waals surface area contributed by atoms with Crippen molar-refractivity contribution in [2.24, 2.45) is 0 Å². The Bertz CT molecular complexity index is 309. The number of para-hydroxylation sites is 1. The van der Waals surface area contributed by atoms with Crippen LogP contribution in [0.5, 0.6) is 5.75 Å². The molecule has 0 heterocycles. The minimum atomic E-state index is -4.30. The van der Waals surface area contributed by atoms with Crippen LogP contribution in [0.2, 0.25) is 0 Å². The van der Waals surface area contributed by atoms with Crippen molar-refractivity contribution in [3.63, 3.8) is 0 Å². The number of nitrogen functional groups attached to an aromatic ring is 1. The summed E-state index contributed by atoms with van der Waals surface area (Å²) in [5.41, 5.74) is 4.93. The van der Waals surface area contributed by atoms with Gasteiger partial charge in [-0.15, -0.1) is 0 Å². The molecule has 0 aliphatic rings. The summed E-state index contributed by atoms with van der Waals surface area (Å²) < 4.78 is 35.7. The lowest BCUT2D eigenvalue weighted by atomic mass is 10.1. The maximum absolute atomic E-state index is 11.9. The zero-order chi connectivity index (χ0) is 10.1. The smallest absolute Gasteiger partial charge is 0.393 e. The minimum absolute atomic E-state index is 0.104. The van der Waals surface area contributed by atoms with E-state index in [0.29, 0.717) is 0 Å². The Kier molecular flexibility index (Phi) is 2.36. The zero-order valence-corrected chi connectivity index (χ0v) is 6.60. The molecular formula is C8H8F3NO. The van der Waals surface area contributed by atoms with E-state index in [2.05, 4.69) is 0 Å². The molecule has 5 heteroatoms. The van der Waals surface area contributed by atoms with E-state index in [4.69, 9.17) is 10.8 Å². The van der Waals surface area contributed by atoms with Crippen molar-refractivity contribution in [3.05, 3.63) is 23.8 Å². The van der Waals surface area contributed by atoms with E-state index in [1.165, 1.54) is 18.2 Å². The normalized spacial score (nSPS) is 11.6. The second-order valence-corrected chi connectivity index (χ2v) is 2.64. The predicted molar refractivity (Wildman–Crippen MR) is 42.3 cm³/mol. The van der Waals surface area contributed by atoms with Crippen molar-refractivity contribution in [1.29, 1.82) is 0 Å². The number of hydrogen-bond donors (Lipinski definition) is 2. The molecule has 0 radical (unpaired) electrons. The van der Waals surface area contributed by atoms with E-state index in [0.717, 1.165) is 0 Å². The Hall–Kier alpha value is -1.39. The van der Waals surface area contributed by atoms with Crippen LogP contribution < -0.4 is 5.73 Å². The van der Waals surface area contributed by atoms with Crippen LogP contribution in [0, 0.1) is 0 Å². The summed E-state index contributed by atoms with van der Waals surface area (Å²) >= 11 is 0. The van der Waals surface area contributed by atoms with Gasteiger partial charge in [0.1, 0.15) is 5.75 Å². The van der Waals surface area contributed by atoms with E-state index in [1.807, 2.05) is 0 Å². The number of phenols is 1. The van der Waals surface area contributed by atoms with Crippen molar-refractivity contribution < 1.29 is 18.3 Å². The molecule has 0 spiro atoms. The highest BCUT2D eigenvalue weighted by molar-refractivity contribution is 5.57. The van der Waals surface area contributed by atoms with Crippen LogP contribution in [0.1, 0.15) is 5.56 Å². The third-order valence-corrected chi connectivity index (χ3v) is 1.56. The highest BCUT2D eigenvalue weighted by atomic mass is 19.4. The standard InChI is InChI=1S/C8H8F3NO/c9-8(10,11)4-5-2-1-3-6(13)7(5)12/h1-3,13H,4,12H2. The summed E-state index contributed by atoms with van der Waals surface area (Å²) in [6, 6.07) is 3.81. The van der Waals surface area contributed by atoms with E-state index in [1.54, 1.807) is 0 Å². The highest BCUT2D eigenvalue weighted by Gasteiger charge is 2.28. The van der Waals surface area contributed by atoms with Crippen molar-refractivity contribution in [3.8, 4) is 5.75 Å². The molecule has 0 unspecified atom stereocenters. The van der Waals surface area contributed by atoms with Gasteiger partial charge < -0.3 is 10.8 Å². The molecule has 1 aromatic carbocycles. The first-order valence-corrected chi connectivity index (χ1v) is 3.53. The summed E-state index contributed by atoms with van der Waals surface area (Å²) in [7, 11) is 0. The Morgan fingerprint density at radius 2 is 1.92 bits per heavy atom. The number of benzene rings is 1. The number of rotatable bonds is 1. The second-order valence-electron chi connectivity index (χ2n) is 2.64. The van der Waals surface area contributed by atoms with Crippen LogP contribution in [0.4, 0.5) is 18.9 Å². The molecular weight excluding hydrogens is 183 g/mol. The van der Waals surface area contributed by atoms with E-state index in [-0.39, 0.29) is 17.0 Å². The fourth-order valence-electron chi connectivity index (χ4n) is 0.970. The van der Waals surface area contributed by atoms with Gasteiger partial charge in [0.05, 0.1) is 12.1 Å². The summed E-state index contributed by atoms with van der Waals surface area (Å²) in [5, 5.41) is 9.00. The fraction of sp³-hybridized carbons (Fsp3) is 0.250. The van der Waals surface area contributed by atoms with Crippen molar-refractivity contribution in [2.75, 3.05) is 5.73 Å². The fourth-order valence-corrected chi connectivity index (χ4v) is 0.970. The Balaban J connectivity index is 2.96. The molecule has 0 atom stereocenters. The molecule has 1 rings (SSSR count). The molecule has 3 N–H and O–H groups in total. The number of anilines is 1. The molecule has 0 saturated heterocycles. The van der Waals surface area contributed by atoms with Gasteiger partial charge in [0, 0.05) is 0 Å². The van der Waals surface area contributed by atoms with Crippen LogP contribution in [0.3, 0.4) is 0 Å². The van der Waals surface area contributed by atoms with Gasteiger partial charge in [0.2, 0.25) is 0 Å². The minimum Gasteiger partial charge on any atom is -0.506 e. The predicted octanol–water partition coefficient (Wildman–Crippen LogP) is 2.08. The first-order chi connectivity index (χ1) is 5.90. The lowest BCUT2D eigenvalue weighted by Gasteiger charge is -2.09.